The highest BCUT2D eigenvalue weighted by molar-refractivity contribution is 7.90. The van der Waals surface area contributed by atoms with E-state index in [9.17, 15) is 8.42 Å². The molecule has 3 unspecified atom stereocenters. The van der Waals surface area contributed by atoms with E-state index < -0.39 is 10.0 Å². The van der Waals surface area contributed by atoms with E-state index in [0.717, 1.165) is 32.2 Å². The number of nitrogens with one attached hydrogen (secondary N) is 2. The molecule has 1 rings (SSSR count). The highest BCUT2D eigenvalue weighted by Crippen LogP contribution is 2.24. The number of sulfonamides is 1. The molecule has 5 heteroatoms. The van der Waals surface area contributed by atoms with Crippen molar-refractivity contribution in [2.75, 3.05) is 13.1 Å². The van der Waals surface area contributed by atoms with Crippen LogP contribution in [0.4, 0.5) is 0 Å². The summed E-state index contributed by atoms with van der Waals surface area (Å²) >= 11 is 0. The van der Waals surface area contributed by atoms with E-state index in [1.807, 2.05) is 0 Å². The summed E-state index contributed by atoms with van der Waals surface area (Å²) in [7, 11) is -3.18. The molecule has 0 saturated heterocycles. The molecule has 0 heterocycles. The molecule has 2 N–H and O–H groups in total. The Hall–Kier alpha value is -0.130. The van der Waals surface area contributed by atoms with Crippen LogP contribution in [0.3, 0.4) is 0 Å². The van der Waals surface area contributed by atoms with Crippen LogP contribution in [0.25, 0.3) is 0 Å². The van der Waals surface area contributed by atoms with Gasteiger partial charge in [0.2, 0.25) is 10.0 Å². The van der Waals surface area contributed by atoms with Crippen molar-refractivity contribution in [2.24, 2.45) is 5.92 Å². The lowest BCUT2D eigenvalue weighted by Gasteiger charge is -2.28. The molecule has 0 aromatic carbocycles. The van der Waals surface area contributed by atoms with Crippen molar-refractivity contribution in [3.63, 3.8) is 0 Å². The second kappa shape index (κ2) is 7.46. The van der Waals surface area contributed by atoms with Gasteiger partial charge in [-0.1, -0.05) is 26.7 Å². The van der Waals surface area contributed by atoms with Gasteiger partial charge in [0.25, 0.3) is 0 Å². The highest BCUT2D eigenvalue weighted by Gasteiger charge is 2.26. The Morgan fingerprint density at radius 2 is 2.06 bits per heavy atom. The monoisotopic (exact) mass is 276 g/mol. The second-order valence-corrected chi connectivity index (χ2v) is 7.78. The maximum atomic E-state index is 12.1. The fourth-order valence-electron chi connectivity index (χ4n) is 2.48. The van der Waals surface area contributed by atoms with Crippen LogP contribution in [0.2, 0.25) is 0 Å². The van der Waals surface area contributed by atoms with Gasteiger partial charge >= 0.3 is 0 Å². The zero-order chi connectivity index (χ0) is 13.6. The molecule has 0 amide bonds. The van der Waals surface area contributed by atoms with E-state index in [1.165, 1.54) is 6.42 Å². The van der Waals surface area contributed by atoms with Crippen LogP contribution in [-0.4, -0.2) is 32.8 Å². The molecule has 3 atom stereocenters. The lowest BCUT2D eigenvalue weighted by atomic mass is 9.88. The van der Waals surface area contributed by atoms with Crippen molar-refractivity contribution in [3.05, 3.63) is 0 Å². The van der Waals surface area contributed by atoms with Crippen LogP contribution in [0.1, 0.15) is 52.9 Å². The van der Waals surface area contributed by atoms with Gasteiger partial charge in [-0.25, -0.2) is 13.1 Å². The molecule has 4 nitrogen and oxygen atoms in total. The molecule has 1 saturated carbocycles. The summed E-state index contributed by atoms with van der Waals surface area (Å²) < 4.78 is 27.2. The summed E-state index contributed by atoms with van der Waals surface area (Å²) in [5.41, 5.74) is 0. The van der Waals surface area contributed by atoms with Gasteiger partial charge in [0, 0.05) is 12.6 Å². The van der Waals surface area contributed by atoms with Crippen molar-refractivity contribution in [3.8, 4) is 0 Å². The molecule has 1 fully saturated rings. The van der Waals surface area contributed by atoms with E-state index >= 15 is 0 Å². The molecule has 0 aliphatic heterocycles. The zero-order valence-electron chi connectivity index (χ0n) is 11.9. The van der Waals surface area contributed by atoms with E-state index in [2.05, 4.69) is 23.9 Å². The Labute approximate surface area is 112 Å². The van der Waals surface area contributed by atoms with Crippen LogP contribution in [0.15, 0.2) is 0 Å². The average Bonchev–Trinajstić information content (AvgIpc) is 2.28. The predicted molar refractivity (Wildman–Crippen MR) is 76.1 cm³/mol. The Morgan fingerprint density at radius 3 is 2.67 bits per heavy atom. The molecule has 1 aliphatic rings. The van der Waals surface area contributed by atoms with Gasteiger partial charge in [0.15, 0.2) is 0 Å². The average molecular weight is 276 g/mol. The topological polar surface area (TPSA) is 58.2 Å². The van der Waals surface area contributed by atoms with E-state index in [-0.39, 0.29) is 11.3 Å². The fourth-order valence-corrected chi connectivity index (χ4v) is 3.73. The maximum Gasteiger partial charge on any atom is 0.215 e. The van der Waals surface area contributed by atoms with Gasteiger partial charge < -0.3 is 5.32 Å². The number of hydrogen-bond acceptors (Lipinski definition) is 3. The third-order valence-electron chi connectivity index (χ3n) is 3.66. The lowest BCUT2D eigenvalue weighted by molar-refractivity contribution is 0.326. The molecule has 108 valence electrons. The van der Waals surface area contributed by atoms with Crippen LogP contribution < -0.4 is 10.0 Å². The van der Waals surface area contributed by atoms with E-state index in [0.29, 0.717) is 12.5 Å². The maximum absolute atomic E-state index is 12.1. The second-order valence-electron chi connectivity index (χ2n) is 5.65. The first-order valence-electron chi connectivity index (χ1n) is 7.17. The summed E-state index contributed by atoms with van der Waals surface area (Å²) in [6.07, 6.45) is 5.36. The first-order chi connectivity index (χ1) is 8.45. The first-order valence-corrected chi connectivity index (χ1v) is 8.72. The van der Waals surface area contributed by atoms with Gasteiger partial charge in [0.1, 0.15) is 0 Å². The summed E-state index contributed by atoms with van der Waals surface area (Å²) in [5.74, 6) is 0.639. The van der Waals surface area contributed by atoms with Crippen LogP contribution in [-0.2, 0) is 10.0 Å². The smallest absolute Gasteiger partial charge is 0.215 e. The third kappa shape index (κ3) is 5.24. The SMILES string of the molecule is CCCNCC(C)S(=O)(=O)NC1CCCC(C)C1. The highest BCUT2D eigenvalue weighted by atomic mass is 32.2. The molecule has 0 bridgehead atoms. The quantitative estimate of drug-likeness (QED) is 0.698. The van der Waals surface area contributed by atoms with E-state index in [4.69, 9.17) is 0 Å². The number of hydrogen-bond donors (Lipinski definition) is 2. The van der Waals surface area contributed by atoms with Crippen LogP contribution in [0, 0.1) is 5.92 Å². The largest absolute Gasteiger partial charge is 0.315 e. The Kier molecular flexibility index (Phi) is 6.60. The Bertz CT molecular complexity index is 330. The summed E-state index contributed by atoms with van der Waals surface area (Å²) in [4.78, 5) is 0. The van der Waals surface area contributed by atoms with Crippen molar-refractivity contribution >= 4 is 10.0 Å². The minimum absolute atomic E-state index is 0.146. The summed E-state index contributed by atoms with van der Waals surface area (Å²) in [6.45, 7) is 7.46. The van der Waals surface area contributed by atoms with Gasteiger partial charge in [-0.3, -0.25) is 0 Å². The van der Waals surface area contributed by atoms with Crippen molar-refractivity contribution in [1.82, 2.24) is 10.0 Å². The normalized spacial score (nSPS) is 27.1. The lowest BCUT2D eigenvalue weighted by Crippen LogP contribution is -2.45. The molecule has 18 heavy (non-hydrogen) atoms. The van der Waals surface area contributed by atoms with E-state index in [1.54, 1.807) is 6.92 Å². The summed E-state index contributed by atoms with van der Waals surface area (Å²) in [6, 6.07) is 0.146. The van der Waals surface area contributed by atoms with Crippen LogP contribution in [0.5, 0.6) is 0 Å². The molecule has 0 spiro atoms. The van der Waals surface area contributed by atoms with Gasteiger partial charge in [-0.05, 0) is 38.6 Å². The summed E-state index contributed by atoms with van der Waals surface area (Å²) in [5, 5.41) is 2.81. The zero-order valence-corrected chi connectivity index (χ0v) is 12.7. The van der Waals surface area contributed by atoms with Gasteiger partial charge in [0.05, 0.1) is 5.25 Å². The van der Waals surface area contributed by atoms with Crippen molar-refractivity contribution < 1.29 is 8.42 Å². The molecule has 0 aromatic rings. The predicted octanol–water partition coefficient (Wildman–Crippen LogP) is 1.87. The minimum Gasteiger partial charge on any atom is -0.315 e. The Balaban J connectivity index is 2.42. The standard InChI is InChI=1S/C13H28N2O2S/c1-4-8-14-10-12(3)18(16,17)15-13-7-5-6-11(2)9-13/h11-15H,4-10H2,1-3H3. The molecular weight excluding hydrogens is 248 g/mol. The molecule has 1 aliphatic carbocycles. The van der Waals surface area contributed by atoms with Gasteiger partial charge in [-0.2, -0.15) is 0 Å². The number of rotatable bonds is 7. The minimum atomic E-state index is -3.18. The molecule has 0 radical (unpaired) electrons. The first kappa shape index (κ1) is 15.9. The molecular formula is C13H28N2O2S. The molecule has 0 aromatic heterocycles. The fraction of sp³-hybridized carbons (Fsp3) is 1.00. The van der Waals surface area contributed by atoms with Gasteiger partial charge in [-0.15, -0.1) is 0 Å². The Morgan fingerprint density at radius 1 is 1.33 bits per heavy atom. The third-order valence-corrected chi connectivity index (χ3v) is 5.54. The van der Waals surface area contributed by atoms with Crippen molar-refractivity contribution in [2.45, 2.75) is 64.2 Å². The van der Waals surface area contributed by atoms with Crippen LogP contribution >= 0.6 is 0 Å². The van der Waals surface area contributed by atoms with Crippen molar-refractivity contribution in [1.29, 1.82) is 0 Å².